The highest BCUT2D eigenvalue weighted by Crippen LogP contribution is 2.31. The molecule has 0 fully saturated rings. The molecular weight excluding hydrogens is 360 g/mol. The molecule has 1 heterocycles. The van der Waals surface area contributed by atoms with Gasteiger partial charge >= 0.3 is 0 Å². The molecule has 2 rings (SSSR count). The number of carbonyl (C=O) groups is 3. The summed E-state index contributed by atoms with van der Waals surface area (Å²) >= 11 is 0. The normalized spacial score (nSPS) is 15.8. The number of rotatable bonds is 5. The fourth-order valence-corrected chi connectivity index (χ4v) is 2.52. The maximum atomic E-state index is 12.6. The Balaban J connectivity index is 2.46. The van der Waals surface area contributed by atoms with Gasteiger partial charge in [-0.25, -0.2) is 0 Å². The number of hydrogen-bond donors (Lipinski definition) is 3. The standard InChI is InChI=1S/C20H28N4O4/c1-11(20(2,3)4)21-14-15(19(28)24(7)18(14)27)22-13-10-8-9-12(16(13)25)17(26)23(5)6/h8-11,21-22,25H,1-7H3/t11-/m0/s1. The largest absolute Gasteiger partial charge is 0.505 e. The van der Waals surface area contributed by atoms with E-state index in [4.69, 9.17) is 0 Å². The summed E-state index contributed by atoms with van der Waals surface area (Å²) in [5, 5.41) is 16.5. The monoisotopic (exact) mass is 388 g/mol. The topological polar surface area (TPSA) is 102 Å². The van der Waals surface area contributed by atoms with E-state index in [2.05, 4.69) is 10.6 Å². The van der Waals surface area contributed by atoms with E-state index in [0.29, 0.717) is 0 Å². The molecule has 152 valence electrons. The van der Waals surface area contributed by atoms with Crippen molar-refractivity contribution in [2.45, 2.75) is 33.7 Å². The summed E-state index contributed by atoms with van der Waals surface area (Å²) in [4.78, 5) is 39.7. The molecule has 8 nitrogen and oxygen atoms in total. The number of nitrogens with one attached hydrogen (secondary N) is 2. The van der Waals surface area contributed by atoms with Crippen molar-refractivity contribution in [2.24, 2.45) is 5.41 Å². The molecule has 0 radical (unpaired) electrons. The summed E-state index contributed by atoms with van der Waals surface area (Å²) in [5.41, 5.74) is 0.287. The van der Waals surface area contributed by atoms with Crippen LogP contribution in [-0.4, -0.2) is 59.8 Å². The van der Waals surface area contributed by atoms with Gasteiger partial charge in [-0.2, -0.15) is 0 Å². The Morgan fingerprint density at radius 3 is 2.25 bits per heavy atom. The summed E-state index contributed by atoms with van der Waals surface area (Å²) in [6.07, 6.45) is 0. The molecule has 0 saturated carbocycles. The molecule has 0 bridgehead atoms. The van der Waals surface area contributed by atoms with Gasteiger partial charge in [0, 0.05) is 27.2 Å². The molecule has 0 spiro atoms. The average Bonchev–Trinajstić information content (AvgIpc) is 2.80. The van der Waals surface area contributed by atoms with Crippen LogP contribution in [0.1, 0.15) is 38.1 Å². The van der Waals surface area contributed by atoms with Crippen LogP contribution in [0.5, 0.6) is 5.75 Å². The summed E-state index contributed by atoms with van der Waals surface area (Å²) < 4.78 is 0. The van der Waals surface area contributed by atoms with Crippen molar-refractivity contribution in [3.05, 3.63) is 35.2 Å². The zero-order chi connectivity index (χ0) is 21.4. The lowest BCUT2D eigenvalue weighted by molar-refractivity contribution is -0.136. The third-order valence-corrected chi connectivity index (χ3v) is 4.88. The van der Waals surface area contributed by atoms with Crippen LogP contribution >= 0.6 is 0 Å². The summed E-state index contributed by atoms with van der Waals surface area (Å²) in [7, 11) is 4.55. The van der Waals surface area contributed by atoms with Crippen LogP contribution in [0.2, 0.25) is 0 Å². The zero-order valence-electron chi connectivity index (χ0n) is 17.4. The number of benzene rings is 1. The van der Waals surface area contributed by atoms with E-state index in [1.165, 1.54) is 24.1 Å². The Bertz CT molecular complexity index is 852. The minimum absolute atomic E-state index is 0.0355. The predicted octanol–water partition coefficient (Wildman–Crippen LogP) is 1.74. The minimum Gasteiger partial charge on any atom is -0.505 e. The summed E-state index contributed by atoms with van der Waals surface area (Å²) in [5.74, 6) is -1.63. The summed E-state index contributed by atoms with van der Waals surface area (Å²) in [6.45, 7) is 7.98. The number of phenolic OH excluding ortho intramolecular Hbond substituents is 1. The third-order valence-electron chi connectivity index (χ3n) is 4.88. The van der Waals surface area contributed by atoms with Crippen molar-refractivity contribution < 1.29 is 19.5 Å². The van der Waals surface area contributed by atoms with Gasteiger partial charge in [-0.05, 0) is 24.5 Å². The predicted molar refractivity (Wildman–Crippen MR) is 107 cm³/mol. The van der Waals surface area contributed by atoms with Gasteiger partial charge in [0.25, 0.3) is 17.7 Å². The number of para-hydroxylation sites is 1. The number of phenols is 1. The highest BCUT2D eigenvalue weighted by atomic mass is 16.3. The molecule has 0 unspecified atom stereocenters. The Kier molecular flexibility index (Phi) is 5.72. The molecule has 1 atom stereocenters. The van der Waals surface area contributed by atoms with Gasteiger partial charge in [0.15, 0.2) is 5.75 Å². The number of carbonyl (C=O) groups excluding carboxylic acids is 3. The molecule has 3 N–H and O–H groups in total. The van der Waals surface area contributed by atoms with Crippen LogP contribution < -0.4 is 10.6 Å². The molecule has 3 amide bonds. The van der Waals surface area contributed by atoms with Gasteiger partial charge in [0.05, 0.1) is 11.3 Å². The van der Waals surface area contributed by atoms with E-state index in [9.17, 15) is 19.5 Å². The second kappa shape index (κ2) is 7.53. The van der Waals surface area contributed by atoms with Crippen molar-refractivity contribution in [3.63, 3.8) is 0 Å². The fourth-order valence-electron chi connectivity index (χ4n) is 2.52. The highest BCUT2D eigenvalue weighted by Gasteiger charge is 2.38. The quantitative estimate of drug-likeness (QED) is 0.525. The number of hydrogen-bond acceptors (Lipinski definition) is 6. The SMILES string of the molecule is C[C@H](NC1=C(Nc2cccc(C(=O)N(C)C)c2O)C(=O)N(C)C1=O)C(C)(C)C. The molecule has 0 aliphatic carbocycles. The van der Waals surface area contributed by atoms with Crippen molar-refractivity contribution >= 4 is 23.4 Å². The van der Waals surface area contributed by atoms with E-state index in [1.807, 2.05) is 27.7 Å². The number of nitrogens with zero attached hydrogens (tertiary/aromatic N) is 2. The maximum absolute atomic E-state index is 12.6. The van der Waals surface area contributed by atoms with E-state index >= 15 is 0 Å². The van der Waals surface area contributed by atoms with Crippen LogP contribution in [0.3, 0.4) is 0 Å². The highest BCUT2D eigenvalue weighted by molar-refractivity contribution is 6.20. The smallest absolute Gasteiger partial charge is 0.279 e. The summed E-state index contributed by atoms with van der Waals surface area (Å²) in [6, 6.07) is 4.52. The lowest BCUT2D eigenvalue weighted by Crippen LogP contribution is -2.40. The average molecular weight is 388 g/mol. The van der Waals surface area contributed by atoms with Gasteiger partial charge in [-0.15, -0.1) is 0 Å². The lowest BCUT2D eigenvalue weighted by Gasteiger charge is -2.29. The first-order valence-electron chi connectivity index (χ1n) is 9.00. The Hall–Kier alpha value is -3.03. The van der Waals surface area contributed by atoms with Crippen LogP contribution in [0, 0.1) is 5.41 Å². The molecular formula is C20H28N4O4. The van der Waals surface area contributed by atoms with Crippen molar-refractivity contribution in [1.82, 2.24) is 15.1 Å². The van der Waals surface area contributed by atoms with E-state index < -0.39 is 11.8 Å². The van der Waals surface area contributed by atoms with Gasteiger partial charge in [0.2, 0.25) is 0 Å². The minimum atomic E-state index is -0.516. The van der Waals surface area contributed by atoms with Gasteiger partial charge in [-0.1, -0.05) is 26.8 Å². The first-order chi connectivity index (χ1) is 12.9. The molecule has 1 aliphatic rings. The van der Waals surface area contributed by atoms with Crippen LogP contribution in [0.25, 0.3) is 0 Å². The number of anilines is 1. The zero-order valence-corrected chi connectivity index (χ0v) is 17.4. The first kappa shape index (κ1) is 21.3. The fraction of sp³-hybridized carbons (Fsp3) is 0.450. The van der Waals surface area contributed by atoms with Crippen LogP contribution in [0.4, 0.5) is 5.69 Å². The van der Waals surface area contributed by atoms with Crippen molar-refractivity contribution in [3.8, 4) is 5.75 Å². The number of amides is 3. The Morgan fingerprint density at radius 1 is 1.14 bits per heavy atom. The third kappa shape index (κ3) is 3.95. The first-order valence-corrected chi connectivity index (χ1v) is 9.00. The van der Waals surface area contributed by atoms with Gasteiger partial charge in [0.1, 0.15) is 11.4 Å². The molecule has 0 saturated heterocycles. The van der Waals surface area contributed by atoms with Gasteiger partial charge in [-0.3, -0.25) is 19.3 Å². The molecule has 0 aromatic heterocycles. The second-order valence-electron chi connectivity index (χ2n) is 8.18. The number of aromatic hydroxyl groups is 1. The van der Waals surface area contributed by atoms with E-state index in [0.717, 1.165) is 4.90 Å². The lowest BCUT2D eigenvalue weighted by atomic mass is 9.88. The maximum Gasteiger partial charge on any atom is 0.279 e. The molecule has 28 heavy (non-hydrogen) atoms. The van der Waals surface area contributed by atoms with E-state index in [-0.39, 0.29) is 45.8 Å². The molecule has 1 aliphatic heterocycles. The Morgan fingerprint density at radius 2 is 1.71 bits per heavy atom. The number of likely N-dealkylation sites (N-methyl/N-ethyl adjacent to an activating group) is 1. The van der Waals surface area contributed by atoms with Crippen molar-refractivity contribution in [1.29, 1.82) is 0 Å². The molecule has 1 aromatic rings. The van der Waals surface area contributed by atoms with Crippen LogP contribution in [0.15, 0.2) is 29.6 Å². The van der Waals surface area contributed by atoms with Gasteiger partial charge < -0.3 is 20.6 Å². The van der Waals surface area contributed by atoms with Crippen LogP contribution in [-0.2, 0) is 9.59 Å². The Labute approximate surface area is 165 Å². The number of imide groups is 1. The molecule has 1 aromatic carbocycles. The van der Waals surface area contributed by atoms with E-state index in [1.54, 1.807) is 20.2 Å². The second-order valence-corrected chi connectivity index (χ2v) is 8.18. The van der Waals surface area contributed by atoms with Crippen molar-refractivity contribution in [2.75, 3.05) is 26.5 Å². The molecule has 8 heteroatoms.